The van der Waals surface area contributed by atoms with Crippen molar-refractivity contribution < 1.29 is 26.9 Å². The van der Waals surface area contributed by atoms with Gasteiger partial charge >= 0.3 is 16.1 Å². The number of ether oxygens (including phenoxy) is 2. The minimum atomic E-state index is -4.03. The van der Waals surface area contributed by atoms with Crippen LogP contribution in [0.15, 0.2) is 88.4 Å². The van der Waals surface area contributed by atoms with Crippen LogP contribution >= 0.6 is 0 Å². The normalized spacial score (nSPS) is 15.0. The fourth-order valence-corrected chi connectivity index (χ4v) is 4.36. The third-order valence-electron chi connectivity index (χ3n) is 5.34. The van der Waals surface area contributed by atoms with Crippen molar-refractivity contribution in [1.82, 2.24) is 0 Å². The number of methoxy groups -OCH3 is 1. The molecule has 1 aliphatic heterocycles. The summed E-state index contributed by atoms with van der Waals surface area (Å²) in [5.74, 6) is -0.142. The number of nitrogens with zero attached hydrogens (tertiary/aromatic N) is 1. The standard InChI is InChI=1S/C27H25NO6S/c1-27(2,3)20-13-11-19(12-14-20)25-28-22(26(29)33-25)16-18-10-15-23(24(17-18)32-4)34-35(30,31)21-8-6-5-7-9-21/h5-17H,1-4H3. The van der Waals surface area contributed by atoms with Gasteiger partial charge in [0.2, 0.25) is 5.90 Å². The van der Waals surface area contributed by atoms with Gasteiger partial charge in [-0.05, 0) is 59.0 Å². The predicted molar refractivity (Wildman–Crippen MR) is 133 cm³/mol. The zero-order chi connectivity index (χ0) is 25.2. The largest absolute Gasteiger partial charge is 0.493 e. The molecule has 0 aromatic heterocycles. The van der Waals surface area contributed by atoms with Crippen molar-refractivity contribution in [3.05, 3.63) is 95.2 Å². The zero-order valence-corrected chi connectivity index (χ0v) is 20.6. The summed E-state index contributed by atoms with van der Waals surface area (Å²) in [4.78, 5) is 16.8. The molecule has 0 atom stereocenters. The van der Waals surface area contributed by atoms with Gasteiger partial charge in [-0.25, -0.2) is 9.79 Å². The lowest BCUT2D eigenvalue weighted by Crippen LogP contribution is -2.11. The molecular formula is C27H25NO6S. The van der Waals surface area contributed by atoms with E-state index in [1.807, 2.05) is 24.3 Å². The maximum atomic E-state index is 12.6. The molecule has 0 spiro atoms. The fraction of sp³-hybridized carbons (Fsp3) is 0.185. The second-order valence-corrected chi connectivity index (χ2v) is 10.5. The maximum Gasteiger partial charge on any atom is 0.363 e. The van der Waals surface area contributed by atoms with Crippen LogP contribution in [0.5, 0.6) is 11.5 Å². The molecule has 180 valence electrons. The quantitative estimate of drug-likeness (QED) is 0.271. The molecule has 1 aliphatic rings. The van der Waals surface area contributed by atoms with Crippen LogP contribution < -0.4 is 8.92 Å². The van der Waals surface area contributed by atoms with Crippen LogP contribution in [0.4, 0.5) is 0 Å². The minimum absolute atomic E-state index is 0.00706. The summed E-state index contributed by atoms with van der Waals surface area (Å²) in [5, 5.41) is 0. The molecule has 0 N–H and O–H groups in total. The molecule has 0 saturated carbocycles. The number of benzene rings is 3. The Morgan fingerprint density at radius 3 is 2.23 bits per heavy atom. The lowest BCUT2D eigenvalue weighted by molar-refractivity contribution is -0.129. The number of esters is 1. The Bertz CT molecular complexity index is 1420. The van der Waals surface area contributed by atoms with E-state index >= 15 is 0 Å². The van der Waals surface area contributed by atoms with Crippen molar-refractivity contribution in [3.63, 3.8) is 0 Å². The van der Waals surface area contributed by atoms with Gasteiger partial charge in [-0.1, -0.05) is 57.2 Å². The Morgan fingerprint density at radius 1 is 0.914 bits per heavy atom. The topological polar surface area (TPSA) is 91.3 Å². The Balaban J connectivity index is 1.58. The van der Waals surface area contributed by atoms with E-state index in [4.69, 9.17) is 13.7 Å². The van der Waals surface area contributed by atoms with Gasteiger partial charge in [0, 0.05) is 5.56 Å². The second-order valence-electron chi connectivity index (χ2n) is 8.92. The number of cyclic esters (lactones) is 1. The lowest BCUT2D eigenvalue weighted by atomic mass is 9.87. The number of aliphatic imine (C=N–C) groups is 1. The van der Waals surface area contributed by atoms with Crippen molar-refractivity contribution in [2.75, 3.05) is 7.11 Å². The van der Waals surface area contributed by atoms with Crippen molar-refractivity contribution in [1.29, 1.82) is 0 Å². The first-order valence-electron chi connectivity index (χ1n) is 10.9. The van der Waals surface area contributed by atoms with Crippen molar-refractivity contribution in [2.24, 2.45) is 4.99 Å². The predicted octanol–water partition coefficient (Wildman–Crippen LogP) is 5.10. The molecule has 0 fully saturated rings. The molecule has 0 bridgehead atoms. The molecule has 4 rings (SSSR count). The van der Waals surface area contributed by atoms with Crippen LogP contribution in [0.1, 0.15) is 37.5 Å². The molecule has 7 nitrogen and oxygen atoms in total. The summed E-state index contributed by atoms with van der Waals surface area (Å²) in [5.41, 5.74) is 2.54. The van der Waals surface area contributed by atoms with Crippen LogP contribution in [0.3, 0.4) is 0 Å². The lowest BCUT2D eigenvalue weighted by Gasteiger charge is -2.18. The molecule has 0 radical (unpaired) electrons. The van der Waals surface area contributed by atoms with Crippen molar-refractivity contribution in [3.8, 4) is 11.5 Å². The third-order valence-corrected chi connectivity index (χ3v) is 6.59. The van der Waals surface area contributed by atoms with E-state index in [0.29, 0.717) is 11.1 Å². The first-order valence-corrected chi connectivity index (χ1v) is 12.3. The monoisotopic (exact) mass is 491 g/mol. The summed E-state index contributed by atoms with van der Waals surface area (Å²) >= 11 is 0. The highest BCUT2D eigenvalue weighted by atomic mass is 32.2. The van der Waals surface area contributed by atoms with Crippen LogP contribution in [-0.2, 0) is 25.1 Å². The highest BCUT2D eigenvalue weighted by Crippen LogP contribution is 2.32. The summed E-state index contributed by atoms with van der Waals surface area (Å²) in [6.45, 7) is 6.37. The van der Waals surface area contributed by atoms with Crippen molar-refractivity contribution in [2.45, 2.75) is 31.1 Å². The Hall–Kier alpha value is -3.91. The molecule has 0 saturated heterocycles. The first-order chi connectivity index (χ1) is 16.6. The van der Waals surface area contributed by atoms with E-state index < -0.39 is 16.1 Å². The van der Waals surface area contributed by atoms with Gasteiger partial charge in [0.15, 0.2) is 17.2 Å². The minimum Gasteiger partial charge on any atom is -0.493 e. The summed E-state index contributed by atoms with van der Waals surface area (Å²) in [6.07, 6.45) is 1.54. The van der Waals surface area contributed by atoms with Crippen LogP contribution in [0.2, 0.25) is 0 Å². The number of rotatable bonds is 6. The molecule has 3 aromatic rings. The van der Waals surface area contributed by atoms with E-state index in [1.54, 1.807) is 30.3 Å². The van der Waals surface area contributed by atoms with Gasteiger partial charge in [-0.3, -0.25) is 0 Å². The maximum absolute atomic E-state index is 12.6. The smallest absolute Gasteiger partial charge is 0.363 e. The zero-order valence-electron chi connectivity index (χ0n) is 19.8. The van der Waals surface area contributed by atoms with Gasteiger partial charge in [-0.2, -0.15) is 8.42 Å². The molecule has 0 amide bonds. The highest BCUT2D eigenvalue weighted by Gasteiger charge is 2.25. The second kappa shape index (κ2) is 9.38. The van der Waals surface area contributed by atoms with Crippen LogP contribution in [0.25, 0.3) is 6.08 Å². The van der Waals surface area contributed by atoms with E-state index in [-0.39, 0.29) is 33.4 Å². The molecule has 0 aliphatic carbocycles. The SMILES string of the molecule is COc1cc(C=C2N=C(c3ccc(C(C)(C)C)cc3)OC2=O)ccc1OS(=O)(=O)c1ccccc1. The van der Waals surface area contributed by atoms with Crippen molar-refractivity contribution >= 4 is 28.1 Å². The molecule has 1 heterocycles. The average Bonchev–Trinajstić information content (AvgIpc) is 3.20. The Labute approximate surface area is 204 Å². The molecular weight excluding hydrogens is 466 g/mol. The van der Waals surface area contributed by atoms with E-state index in [0.717, 1.165) is 5.56 Å². The van der Waals surface area contributed by atoms with Gasteiger partial charge in [-0.15, -0.1) is 0 Å². The van der Waals surface area contributed by atoms with E-state index in [2.05, 4.69) is 25.8 Å². The third kappa shape index (κ3) is 5.44. The Kier molecular flexibility index (Phi) is 6.49. The average molecular weight is 492 g/mol. The van der Waals surface area contributed by atoms with Crippen LogP contribution in [0, 0.1) is 0 Å². The van der Waals surface area contributed by atoms with E-state index in [9.17, 15) is 13.2 Å². The number of carbonyl (C=O) groups excluding carboxylic acids is 1. The fourth-order valence-electron chi connectivity index (χ4n) is 3.40. The number of hydrogen-bond donors (Lipinski definition) is 0. The number of carbonyl (C=O) groups is 1. The molecule has 3 aromatic carbocycles. The van der Waals surface area contributed by atoms with Crippen LogP contribution in [-0.4, -0.2) is 27.4 Å². The summed E-state index contributed by atoms with van der Waals surface area (Å²) in [7, 11) is -2.63. The van der Waals surface area contributed by atoms with Gasteiger partial charge in [0.1, 0.15) is 4.90 Å². The summed E-state index contributed by atoms with van der Waals surface area (Å²) in [6, 6.07) is 20.2. The Morgan fingerprint density at radius 2 is 1.60 bits per heavy atom. The van der Waals surface area contributed by atoms with Gasteiger partial charge in [0.05, 0.1) is 7.11 Å². The first kappa shape index (κ1) is 24.2. The molecule has 35 heavy (non-hydrogen) atoms. The number of hydrogen-bond acceptors (Lipinski definition) is 7. The van der Waals surface area contributed by atoms with E-state index in [1.165, 1.54) is 31.4 Å². The van der Waals surface area contributed by atoms with Gasteiger partial charge in [0.25, 0.3) is 0 Å². The van der Waals surface area contributed by atoms with Gasteiger partial charge < -0.3 is 13.7 Å². The highest BCUT2D eigenvalue weighted by molar-refractivity contribution is 7.87. The summed E-state index contributed by atoms with van der Waals surface area (Å²) < 4.78 is 41.1. The molecule has 0 unspecified atom stereocenters. The molecule has 8 heteroatoms.